The first-order chi connectivity index (χ1) is 18.0. The fourth-order valence-electron chi connectivity index (χ4n) is 4.28. The van der Waals surface area contributed by atoms with Crippen molar-refractivity contribution in [2.75, 3.05) is 11.9 Å². The van der Waals surface area contributed by atoms with Gasteiger partial charge in [-0.1, -0.05) is 55.5 Å². The maximum atomic E-state index is 13.3. The van der Waals surface area contributed by atoms with Crippen molar-refractivity contribution in [1.82, 2.24) is 23.9 Å². The van der Waals surface area contributed by atoms with Crippen LogP contribution in [-0.4, -0.2) is 35.6 Å². The van der Waals surface area contributed by atoms with Gasteiger partial charge in [-0.2, -0.15) is 5.10 Å². The molecule has 37 heavy (non-hydrogen) atoms. The summed E-state index contributed by atoms with van der Waals surface area (Å²) in [6.45, 7) is 2.36. The van der Waals surface area contributed by atoms with E-state index in [1.807, 2.05) is 79.7 Å². The summed E-state index contributed by atoms with van der Waals surface area (Å²) in [4.78, 5) is 30.8. The van der Waals surface area contributed by atoms with E-state index in [1.165, 1.54) is 11.6 Å². The molecule has 0 saturated carbocycles. The van der Waals surface area contributed by atoms with E-state index in [9.17, 15) is 14.7 Å². The van der Waals surface area contributed by atoms with Gasteiger partial charge >= 0.3 is 5.69 Å². The van der Waals surface area contributed by atoms with Crippen LogP contribution >= 0.6 is 0 Å². The highest BCUT2D eigenvalue weighted by Crippen LogP contribution is 2.26. The number of rotatable bonds is 8. The van der Waals surface area contributed by atoms with Crippen LogP contribution < -0.4 is 16.6 Å². The van der Waals surface area contributed by atoms with Gasteiger partial charge in [-0.25, -0.2) is 9.48 Å². The predicted molar refractivity (Wildman–Crippen MR) is 144 cm³/mol. The smallest absolute Gasteiger partial charge is 0.332 e. The van der Waals surface area contributed by atoms with E-state index in [2.05, 4.69) is 10.3 Å². The number of pyridine rings is 1. The number of aliphatic hydroxyl groups is 1. The normalized spacial score (nSPS) is 12.1. The van der Waals surface area contributed by atoms with Crippen molar-refractivity contribution >= 4 is 22.5 Å². The summed E-state index contributed by atoms with van der Waals surface area (Å²) < 4.78 is 4.28. The third-order valence-corrected chi connectivity index (χ3v) is 6.32. The molecule has 0 bridgehead atoms. The molecule has 0 spiro atoms. The molecule has 5 aromatic rings. The molecule has 0 aliphatic rings. The first kappa shape index (κ1) is 24.2. The summed E-state index contributed by atoms with van der Waals surface area (Å²) in [5, 5.41) is 18.0. The molecule has 3 aromatic heterocycles. The van der Waals surface area contributed by atoms with Crippen LogP contribution in [0.4, 0.5) is 11.5 Å². The highest BCUT2D eigenvalue weighted by atomic mass is 16.3. The van der Waals surface area contributed by atoms with Gasteiger partial charge in [-0.3, -0.25) is 18.9 Å². The molecule has 9 nitrogen and oxygen atoms in total. The minimum absolute atomic E-state index is 0.0881. The van der Waals surface area contributed by atoms with Gasteiger partial charge in [0, 0.05) is 37.6 Å². The largest absolute Gasteiger partial charge is 0.396 e. The molecule has 9 heteroatoms. The van der Waals surface area contributed by atoms with Gasteiger partial charge in [-0.05, 0) is 35.7 Å². The van der Waals surface area contributed by atoms with Gasteiger partial charge in [0.1, 0.15) is 11.2 Å². The Morgan fingerprint density at radius 3 is 2.38 bits per heavy atom. The number of hydrogen-bond donors (Lipinski definition) is 2. The summed E-state index contributed by atoms with van der Waals surface area (Å²) in [7, 11) is 1.46. The van der Waals surface area contributed by atoms with Crippen molar-refractivity contribution in [2.24, 2.45) is 13.0 Å². The van der Waals surface area contributed by atoms with Gasteiger partial charge in [0.05, 0.1) is 12.2 Å². The van der Waals surface area contributed by atoms with Crippen LogP contribution in [-0.2, 0) is 20.1 Å². The second-order valence-electron chi connectivity index (χ2n) is 9.15. The highest BCUT2D eigenvalue weighted by Gasteiger charge is 2.22. The average molecular weight is 497 g/mol. The van der Waals surface area contributed by atoms with Crippen LogP contribution in [0.25, 0.3) is 22.3 Å². The number of nitrogens with zero attached hydrogens (tertiary/aromatic N) is 5. The van der Waals surface area contributed by atoms with Crippen molar-refractivity contribution in [1.29, 1.82) is 0 Å². The van der Waals surface area contributed by atoms with Gasteiger partial charge in [0.25, 0.3) is 5.56 Å². The summed E-state index contributed by atoms with van der Waals surface area (Å²) >= 11 is 0. The monoisotopic (exact) mass is 496 g/mol. The zero-order chi connectivity index (χ0) is 25.9. The molecule has 2 aromatic carbocycles. The lowest BCUT2D eigenvalue weighted by molar-refractivity contribution is 0.222. The molecular formula is C28H28N6O3. The van der Waals surface area contributed by atoms with E-state index in [1.54, 1.807) is 10.9 Å². The average Bonchev–Trinajstić information content (AvgIpc) is 3.28. The van der Waals surface area contributed by atoms with Gasteiger partial charge in [0.15, 0.2) is 5.65 Å². The van der Waals surface area contributed by atoms with Crippen molar-refractivity contribution in [3.63, 3.8) is 0 Å². The van der Waals surface area contributed by atoms with Crippen molar-refractivity contribution < 1.29 is 5.11 Å². The minimum Gasteiger partial charge on any atom is -0.396 e. The molecule has 0 amide bonds. The Hall–Kier alpha value is -4.50. The summed E-state index contributed by atoms with van der Waals surface area (Å²) in [5.74, 6) is 0.314. The number of aromatic nitrogens is 5. The zero-order valence-electron chi connectivity index (χ0n) is 20.7. The van der Waals surface area contributed by atoms with E-state index in [4.69, 9.17) is 5.10 Å². The predicted octanol–water partition coefficient (Wildman–Crippen LogP) is 3.38. The number of anilines is 2. The lowest BCUT2D eigenvalue weighted by Crippen LogP contribution is -2.39. The van der Waals surface area contributed by atoms with Crippen LogP contribution in [0, 0.1) is 5.92 Å². The SMILES string of the molecule is CC(CO)Cn1c(=O)n(C)c(=O)c2c(Nc3ccccc3)n(Cc3ccc(-c4ccccn4)cc3)nc21. The third kappa shape index (κ3) is 4.81. The molecule has 1 atom stereocenters. The minimum atomic E-state index is -0.464. The van der Waals surface area contributed by atoms with E-state index < -0.39 is 11.2 Å². The number of aliphatic hydroxyl groups excluding tert-OH is 1. The molecule has 2 N–H and O–H groups in total. The summed E-state index contributed by atoms with van der Waals surface area (Å²) in [5.41, 5.74) is 3.04. The van der Waals surface area contributed by atoms with Crippen LogP contribution in [0.15, 0.2) is 88.6 Å². The van der Waals surface area contributed by atoms with Gasteiger partial charge in [-0.15, -0.1) is 0 Å². The quantitative estimate of drug-likeness (QED) is 0.341. The zero-order valence-corrected chi connectivity index (χ0v) is 20.7. The Balaban J connectivity index is 1.63. The molecule has 0 radical (unpaired) electrons. The molecular weight excluding hydrogens is 468 g/mol. The Morgan fingerprint density at radius 1 is 0.973 bits per heavy atom. The summed E-state index contributed by atoms with van der Waals surface area (Å²) in [6.07, 6.45) is 1.76. The van der Waals surface area contributed by atoms with Crippen LogP contribution in [0.1, 0.15) is 12.5 Å². The Labute approximate surface area is 213 Å². The fraction of sp³-hybridized carbons (Fsp3) is 0.214. The van der Waals surface area contributed by atoms with Crippen molar-refractivity contribution in [3.05, 3.63) is 105 Å². The molecule has 0 aliphatic carbocycles. The lowest BCUT2D eigenvalue weighted by atomic mass is 10.1. The molecule has 188 valence electrons. The number of fused-ring (bicyclic) bond motifs is 1. The maximum Gasteiger partial charge on any atom is 0.332 e. The topological polar surface area (TPSA) is 107 Å². The first-order valence-corrected chi connectivity index (χ1v) is 12.1. The van der Waals surface area contributed by atoms with E-state index in [0.29, 0.717) is 17.7 Å². The standard InChI is InChI=1S/C28H28N6O3/c1-19(18-35)16-33-26-24(27(36)32(2)28(33)37)25(30-22-8-4-3-5-9-22)34(31-26)17-20-11-13-21(14-12-20)23-10-6-7-15-29-23/h3-15,19,30,35H,16-18H2,1-2H3. The molecule has 3 heterocycles. The van der Waals surface area contributed by atoms with Crippen LogP contribution in [0.3, 0.4) is 0 Å². The lowest BCUT2D eigenvalue weighted by Gasteiger charge is -2.12. The number of para-hydroxylation sites is 1. The highest BCUT2D eigenvalue weighted by molar-refractivity contribution is 5.89. The second kappa shape index (κ2) is 10.2. The van der Waals surface area contributed by atoms with Crippen LogP contribution in [0.5, 0.6) is 0 Å². The van der Waals surface area contributed by atoms with E-state index in [0.717, 1.165) is 27.1 Å². The van der Waals surface area contributed by atoms with Crippen molar-refractivity contribution in [2.45, 2.75) is 20.0 Å². The molecule has 1 unspecified atom stereocenters. The molecule has 0 fully saturated rings. The van der Waals surface area contributed by atoms with E-state index >= 15 is 0 Å². The van der Waals surface area contributed by atoms with E-state index in [-0.39, 0.29) is 24.7 Å². The van der Waals surface area contributed by atoms with Gasteiger partial charge < -0.3 is 10.4 Å². The second-order valence-corrected chi connectivity index (χ2v) is 9.15. The number of benzene rings is 2. The Kier molecular flexibility index (Phi) is 6.70. The Morgan fingerprint density at radius 2 is 1.70 bits per heavy atom. The number of nitrogens with one attached hydrogen (secondary N) is 1. The first-order valence-electron chi connectivity index (χ1n) is 12.1. The third-order valence-electron chi connectivity index (χ3n) is 6.32. The summed E-state index contributed by atoms with van der Waals surface area (Å²) in [6, 6.07) is 23.3. The Bertz CT molecular complexity index is 1640. The molecule has 5 rings (SSSR count). The van der Waals surface area contributed by atoms with Crippen molar-refractivity contribution in [3.8, 4) is 11.3 Å². The van der Waals surface area contributed by atoms with Gasteiger partial charge in [0.2, 0.25) is 0 Å². The van der Waals surface area contributed by atoms with Crippen LogP contribution in [0.2, 0.25) is 0 Å². The fourth-order valence-corrected chi connectivity index (χ4v) is 4.28. The molecule has 0 saturated heterocycles. The maximum absolute atomic E-state index is 13.3. The number of hydrogen-bond acceptors (Lipinski definition) is 6. The molecule has 0 aliphatic heterocycles.